The number of carbonyl (C=O) groups excluding carboxylic acids is 1. The Bertz CT molecular complexity index is 1070. The summed E-state index contributed by atoms with van der Waals surface area (Å²) < 4.78 is 0. The second-order valence-corrected chi connectivity index (χ2v) is 8.39. The Labute approximate surface area is 185 Å². The number of carbonyl (C=O) groups is 1. The first-order valence-corrected chi connectivity index (χ1v) is 10.5. The van der Waals surface area contributed by atoms with Crippen LogP contribution in [0.4, 0.5) is 5.82 Å². The Balaban J connectivity index is 1.67. The van der Waals surface area contributed by atoms with Crippen molar-refractivity contribution in [2.45, 2.75) is 25.4 Å². The molecule has 1 unspecified atom stereocenters. The molecule has 1 amide bonds. The molecule has 0 bridgehead atoms. The maximum atomic E-state index is 11.6. The number of primary amides is 1. The van der Waals surface area contributed by atoms with E-state index < -0.39 is 11.5 Å². The summed E-state index contributed by atoms with van der Waals surface area (Å²) in [5, 5.41) is 11.1. The molecule has 4 rings (SSSR count). The van der Waals surface area contributed by atoms with E-state index in [1.54, 1.807) is 12.4 Å². The standard InChI is InChI=1S/C23H24ClN5O2/c1-23(31,22(25)30)17-8-11-29(12-9-17)20-13-19(15-4-6-18(24)7-5-15)27-21(28-20)16-3-2-10-26-14-16/h2-7,10,13-14,17,31H,8-9,11-12H2,1H3,(H2,25,30). The molecule has 1 aliphatic heterocycles. The zero-order chi connectivity index (χ0) is 22.0. The van der Waals surface area contributed by atoms with Gasteiger partial charge >= 0.3 is 0 Å². The van der Waals surface area contributed by atoms with Crippen molar-refractivity contribution in [3.63, 3.8) is 0 Å². The lowest BCUT2D eigenvalue weighted by Crippen LogP contribution is -2.51. The first kappa shape index (κ1) is 21.2. The molecule has 7 nitrogen and oxygen atoms in total. The average molecular weight is 438 g/mol. The molecule has 3 aromatic rings. The maximum absolute atomic E-state index is 11.6. The van der Waals surface area contributed by atoms with Crippen LogP contribution in [0.2, 0.25) is 5.02 Å². The minimum atomic E-state index is -1.51. The molecule has 3 heterocycles. The van der Waals surface area contributed by atoms with Crippen LogP contribution in [0.5, 0.6) is 0 Å². The van der Waals surface area contributed by atoms with Crippen molar-refractivity contribution >= 4 is 23.3 Å². The van der Waals surface area contributed by atoms with Crippen LogP contribution in [0.25, 0.3) is 22.6 Å². The number of nitrogens with two attached hydrogens (primary N) is 1. The molecular formula is C23H24ClN5O2. The Kier molecular flexibility index (Phi) is 5.89. The van der Waals surface area contributed by atoms with Crippen molar-refractivity contribution in [2.75, 3.05) is 18.0 Å². The summed E-state index contributed by atoms with van der Waals surface area (Å²) in [7, 11) is 0. The zero-order valence-electron chi connectivity index (χ0n) is 17.2. The summed E-state index contributed by atoms with van der Waals surface area (Å²) in [5.41, 5.74) is 6.42. The number of benzene rings is 1. The molecule has 0 spiro atoms. The van der Waals surface area contributed by atoms with Crippen molar-refractivity contribution < 1.29 is 9.90 Å². The molecular weight excluding hydrogens is 414 g/mol. The minimum Gasteiger partial charge on any atom is -0.380 e. The Morgan fingerprint density at radius 2 is 1.87 bits per heavy atom. The number of halogens is 1. The zero-order valence-corrected chi connectivity index (χ0v) is 18.0. The number of hydrogen-bond donors (Lipinski definition) is 2. The summed E-state index contributed by atoms with van der Waals surface area (Å²) in [6, 6.07) is 13.3. The lowest BCUT2D eigenvalue weighted by Gasteiger charge is -2.38. The van der Waals surface area contributed by atoms with E-state index in [1.807, 2.05) is 42.5 Å². The van der Waals surface area contributed by atoms with Crippen molar-refractivity contribution in [2.24, 2.45) is 11.7 Å². The monoisotopic (exact) mass is 437 g/mol. The smallest absolute Gasteiger partial charge is 0.249 e. The second kappa shape index (κ2) is 8.61. The molecule has 8 heteroatoms. The van der Waals surface area contributed by atoms with E-state index >= 15 is 0 Å². The van der Waals surface area contributed by atoms with Gasteiger partial charge in [-0.3, -0.25) is 9.78 Å². The molecule has 160 valence electrons. The molecule has 1 aliphatic rings. The predicted octanol–water partition coefficient (Wildman–Crippen LogP) is 3.31. The lowest BCUT2D eigenvalue weighted by molar-refractivity contribution is -0.140. The quantitative estimate of drug-likeness (QED) is 0.634. The number of piperidine rings is 1. The van der Waals surface area contributed by atoms with Crippen LogP contribution in [-0.2, 0) is 4.79 Å². The predicted molar refractivity (Wildman–Crippen MR) is 120 cm³/mol. The van der Waals surface area contributed by atoms with E-state index in [-0.39, 0.29) is 5.92 Å². The van der Waals surface area contributed by atoms with Crippen LogP contribution in [0, 0.1) is 5.92 Å². The van der Waals surface area contributed by atoms with Crippen LogP contribution in [0.3, 0.4) is 0 Å². The molecule has 1 atom stereocenters. The van der Waals surface area contributed by atoms with Crippen molar-refractivity contribution in [3.05, 3.63) is 59.9 Å². The highest BCUT2D eigenvalue weighted by molar-refractivity contribution is 6.30. The van der Waals surface area contributed by atoms with Crippen LogP contribution < -0.4 is 10.6 Å². The molecule has 1 saturated heterocycles. The van der Waals surface area contributed by atoms with Crippen LogP contribution in [-0.4, -0.2) is 44.7 Å². The van der Waals surface area contributed by atoms with Gasteiger partial charge in [0.2, 0.25) is 5.91 Å². The van der Waals surface area contributed by atoms with Crippen LogP contribution in [0.1, 0.15) is 19.8 Å². The van der Waals surface area contributed by atoms with Crippen LogP contribution >= 0.6 is 11.6 Å². The Morgan fingerprint density at radius 1 is 1.16 bits per heavy atom. The molecule has 1 aromatic carbocycles. The third-order valence-electron chi connectivity index (χ3n) is 5.89. The molecule has 0 aliphatic carbocycles. The van der Waals surface area contributed by atoms with Gasteiger partial charge in [-0.05, 0) is 49.9 Å². The number of hydrogen-bond acceptors (Lipinski definition) is 6. The fraction of sp³-hybridized carbons (Fsp3) is 0.304. The summed E-state index contributed by atoms with van der Waals surface area (Å²) in [5.74, 6) is 0.506. The van der Waals surface area contributed by atoms with Gasteiger partial charge in [-0.15, -0.1) is 0 Å². The number of amides is 1. The number of rotatable bonds is 5. The minimum absolute atomic E-state index is 0.184. The first-order valence-electron chi connectivity index (χ1n) is 10.2. The van der Waals surface area contributed by atoms with Gasteiger partial charge in [0, 0.05) is 47.7 Å². The fourth-order valence-corrected chi connectivity index (χ4v) is 3.99. The van der Waals surface area contributed by atoms with Crippen LogP contribution in [0.15, 0.2) is 54.9 Å². The van der Waals surface area contributed by atoms with E-state index in [1.165, 1.54) is 6.92 Å². The van der Waals surface area contributed by atoms with Gasteiger partial charge in [0.25, 0.3) is 0 Å². The number of nitrogens with zero attached hydrogens (tertiary/aromatic N) is 4. The topological polar surface area (TPSA) is 105 Å². The van der Waals surface area contributed by atoms with Crippen molar-refractivity contribution in [1.29, 1.82) is 0 Å². The Hall–Kier alpha value is -3.03. The number of anilines is 1. The van der Waals surface area contributed by atoms with E-state index in [0.29, 0.717) is 36.8 Å². The number of pyridine rings is 1. The molecule has 3 N–H and O–H groups in total. The summed E-state index contributed by atoms with van der Waals surface area (Å²) >= 11 is 6.05. The third-order valence-corrected chi connectivity index (χ3v) is 6.14. The Morgan fingerprint density at radius 3 is 2.48 bits per heavy atom. The van der Waals surface area contributed by atoms with Crippen molar-refractivity contribution in [1.82, 2.24) is 15.0 Å². The average Bonchev–Trinajstić information content (AvgIpc) is 2.80. The van der Waals surface area contributed by atoms with Gasteiger partial charge in [-0.1, -0.05) is 23.7 Å². The largest absolute Gasteiger partial charge is 0.380 e. The summed E-state index contributed by atoms with van der Waals surface area (Å²) in [4.78, 5) is 27.5. The van der Waals surface area contributed by atoms with E-state index in [0.717, 1.165) is 22.6 Å². The highest BCUT2D eigenvalue weighted by atomic mass is 35.5. The van der Waals surface area contributed by atoms with E-state index in [2.05, 4.69) is 9.88 Å². The fourth-order valence-electron chi connectivity index (χ4n) is 3.86. The summed E-state index contributed by atoms with van der Waals surface area (Å²) in [6.45, 7) is 2.80. The van der Waals surface area contributed by atoms with Gasteiger partial charge < -0.3 is 15.7 Å². The highest BCUT2D eigenvalue weighted by Crippen LogP contribution is 2.32. The summed E-state index contributed by atoms with van der Waals surface area (Å²) in [6.07, 6.45) is 4.72. The molecule has 0 saturated carbocycles. The maximum Gasteiger partial charge on any atom is 0.249 e. The highest BCUT2D eigenvalue weighted by Gasteiger charge is 2.39. The normalized spacial score (nSPS) is 16.7. The number of aliphatic hydroxyl groups is 1. The lowest BCUT2D eigenvalue weighted by atomic mass is 9.81. The van der Waals surface area contributed by atoms with E-state index in [4.69, 9.17) is 27.3 Å². The van der Waals surface area contributed by atoms with Crippen molar-refractivity contribution in [3.8, 4) is 22.6 Å². The van der Waals surface area contributed by atoms with E-state index in [9.17, 15) is 9.90 Å². The van der Waals surface area contributed by atoms with Gasteiger partial charge in [-0.2, -0.15) is 0 Å². The molecule has 2 aromatic heterocycles. The van der Waals surface area contributed by atoms with Gasteiger partial charge in [0.15, 0.2) is 5.82 Å². The van der Waals surface area contributed by atoms with Gasteiger partial charge in [0.05, 0.1) is 5.69 Å². The third kappa shape index (κ3) is 4.52. The SMILES string of the molecule is CC(O)(C(N)=O)C1CCN(c2cc(-c3ccc(Cl)cc3)nc(-c3cccnc3)n2)CC1. The molecule has 0 radical (unpaired) electrons. The first-order chi connectivity index (χ1) is 14.8. The van der Waals surface area contributed by atoms with Gasteiger partial charge in [-0.25, -0.2) is 9.97 Å². The van der Waals surface area contributed by atoms with Gasteiger partial charge in [0.1, 0.15) is 11.4 Å². The molecule has 1 fully saturated rings. The number of aromatic nitrogens is 3. The second-order valence-electron chi connectivity index (χ2n) is 7.96. The molecule has 31 heavy (non-hydrogen) atoms.